The lowest BCUT2D eigenvalue weighted by Gasteiger charge is -2.52. The summed E-state index contributed by atoms with van der Waals surface area (Å²) in [5.41, 5.74) is 0.270. The molecule has 2 bridgehead atoms. The number of ether oxygens (including phenoxy) is 2. The van der Waals surface area contributed by atoms with Crippen molar-refractivity contribution in [2.24, 2.45) is 0 Å². The molecule has 4 rings (SSSR count). The van der Waals surface area contributed by atoms with E-state index in [-0.39, 0.29) is 17.6 Å². The Bertz CT molecular complexity index is 902. The molecule has 2 aliphatic heterocycles. The van der Waals surface area contributed by atoms with Gasteiger partial charge in [0.2, 0.25) is 10.0 Å². The van der Waals surface area contributed by atoms with E-state index in [1.54, 1.807) is 16.4 Å². The highest BCUT2D eigenvalue weighted by Crippen LogP contribution is 2.55. The van der Waals surface area contributed by atoms with Crippen molar-refractivity contribution in [3.8, 4) is 0 Å². The summed E-state index contributed by atoms with van der Waals surface area (Å²) in [6, 6.07) is 7.00. The lowest BCUT2D eigenvalue weighted by molar-refractivity contribution is -0.267. The molecule has 6 nitrogen and oxygen atoms in total. The summed E-state index contributed by atoms with van der Waals surface area (Å²) in [7, 11) is -5.84. The van der Waals surface area contributed by atoms with Gasteiger partial charge in [-0.1, -0.05) is 38.5 Å². The summed E-state index contributed by atoms with van der Waals surface area (Å²) in [6.07, 6.45) is 1.99. The molecule has 0 N–H and O–H groups in total. The van der Waals surface area contributed by atoms with E-state index in [0.717, 1.165) is 5.56 Å². The van der Waals surface area contributed by atoms with E-state index in [4.69, 9.17) is 13.9 Å². The van der Waals surface area contributed by atoms with Crippen LogP contribution in [-0.2, 0) is 23.9 Å². The van der Waals surface area contributed by atoms with Crippen LogP contribution in [-0.4, -0.2) is 58.2 Å². The van der Waals surface area contributed by atoms with Gasteiger partial charge in [-0.2, -0.15) is 4.31 Å². The second kappa shape index (κ2) is 7.12. The van der Waals surface area contributed by atoms with Crippen molar-refractivity contribution in [1.82, 2.24) is 4.31 Å². The van der Waals surface area contributed by atoms with Crippen LogP contribution >= 0.6 is 0 Å². The van der Waals surface area contributed by atoms with Crippen molar-refractivity contribution >= 4 is 18.3 Å². The van der Waals surface area contributed by atoms with Crippen LogP contribution < -0.4 is 0 Å². The molecule has 1 spiro atoms. The highest BCUT2D eigenvalue weighted by molar-refractivity contribution is 7.89. The number of aryl methyl sites for hydroxylation is 1. The minimum absolute atomic E-state index is 0.00224. The average Bonchev–Trinajstić information content (AvgIpc) is 3.23. The summed E-state index contributed by atoms with van der Waals surface area (Å²) in [6.45, 7) is 14.3. The van der Waals surface area contributed by atoms with Gasteiger partial charge in [0.15, 0.2) is 14.1 Å². The van der Waals surface area contributed by atoms with Crippen LogP contribution in [0.25, 0.3) is 0 Å². The Hall–Kier alpha value is -0.773. The lowest BCUT2D eigenvalue weighted by atomic mass is 9.80. The summed E-state index contributed by atoms with van der Waals surface area (Å²) in [5, 5.41) is -0.00224. The zero-order valence-electron chi connectivity index (χ0n) is 19.0. The molecule has 0 unspecified atom stereocenters. The normalized spacial score (nSPS) is 29.6. The molecule has 0 amide bonds. The number of benzene rings is 1. The van der Waals surface area contributed by atoms with Gasteiger partial charge in [-0.05, 0) is 50.0 Å². The maximum absolute atomic E-state index is 13.6. The SMILES string of the molecule is Cc1ccc(S(=O)(=O)N2C[C@]3(O[Si](C)(C)C(C)(C)C)C[C@H]2CCC32OCCO2)cc1. The number of sulfonamides is 1. The second-order valence-electron chi connectivity index (χ2n) is 10.6. The maximum Gasteiger partial charge on any atom is 0.243 e. The van der Waals surface area contributed by atoms with E-state index in [1.165, 1.54) is 0 Å². The summed E-state index contributed by atoms with van der Waals surface area (Å²) < 4.78 is 48.3. The molecule has 1 aliphatic carbocycles. The first kappa shape index (κ1) is 22.4. The average molecular weight is 454 g/mol. The highest BCUT2D eigenvalue weighted by Gasteiger charge is 2.68. The maximum atomic E-state index is 13.6. The Balaban J connectivity index is 1.74. The molecule has 0 radical (unpaired) electrons. The standard InChI is InChI=1S/C22H35NO5SSi/c1-17-7-9-19(10-8-17)29(24,25)23-16-21(28-30(5,6)20(2,3)4)15-18(23)11-12-22(21)26-13-14-27-22/h7-10,18H,11-16H2,1-6H3/t18-,21-/m1/s1. The quantitative estimate of drug-likeness (QED) is 0.644. The predicted molar refractivity (Wildman–Crippen MR) is 118 cm³/mol. The summed E-state index contributed by atoms with van der Waals surface area (Å²) in [5.74, 6) is -0.851. The number of hydrogen-bond acceptors (Lipinski definition) is 5. The zero-order valence-corrected chi connectivity index (χ0v) is 20.8. The van der Waals surface area contributed by atoms with Crippen LogP contribution in [0.15, 0.2) is 29.2 Å². The molecule has 1 saturated carbocycles. The third kappa shape index (κ3) is 3.40. The zero-order chi connectivity index (χ0) is 22.0. The molecule has 1 aromatic carbocycles. The fraction of sp³-hybridized carbons (Fsp3) is 0.727. The van der Waals surface area contributed by atoms with Crippen molar-refractivity contribution < 1.29 is 22.3 Å². The molecule has 2 saturated heterocycles. The van der Waals surface area contributed by atoms with Crippen molar-refractivity contribution in [3.63, 3.8) is 0 Å². The molecular weight excluding hydrogens is 418 g/mol. The topological polar surface area (TPSA) is 65.1 Å². The Morgan fingerprint density at radius 1 is 1.13 bits per heavy atom. The van der Waals surface area contributed by atoms with E-state index < -0.39 is 29.7 Å². The van der Waals surface area contributed by atoms with Gasteiger partial charge in [0.05, 0.1) is 18.1 Å². The molecule has 3 fully saturated rings. The molecule has 30 heavy (non-hydrogen) atoms. The van der Waals surface area contributed by atoms with Crippen LogP contribution in [0.3, 0.4) is 0 Å². The first-order valence-electron chi connectivity index (χ1n) is 10.9. The molecule has 2 atom stereocenters. The van der Waals surface area contributed by atoms with Gasteiger partial charge in [-0.25, -0.2) is 8.42 Å². The third-order valence-electron chi connectivity index (χ3n) is 7.52. The van der Waals surface area contributed by atoms with Crippen LogP contribution in [0.5, 0.6) is 0 Å². The van der Waals surface area contributed by atoms with E-state index in [2.05, 4.69) is 33.9 Å². The lowest BCUT2D eigenvalue weighted by Crippen LogP contribution is -2.64. The Morgan fingerprint density at radius 3 is 2.30 bits per heavy atom. The molecule has 0 aromatic heterocycles. The van der Waals surface area contributed by atoms with Gasteiger partial charge in [-0.3, -0.25) is 0 Å². The number of rotatable bonds is 4. The predicted octanol–water partition coefficient (Wildman–Crippen LogP) is 4.06. The third-order valence-corrected chi connectivity index (χ3v) is 13.9. The van der Waals surface area contributed by atoms with E-state index in [9.17, 15) is 8.42 Å². The van der Waals surface area contributed by atoms with E-state index in [1.807, 2.05) is 19.1 Å². The fourth-order valence-electron chi connectivity index (χ4n) is 4.82. The Kier molecular flexibility index (Phi) is 5.32. The fourth-order valence-corrected chi connectivity index (χ4v) is 8.10. The Morgan fingerprint density at radius 2 is 1.73 bits per heavy atom. The molecule has 8 heteroatoms. The van der Waals surface area contributed by atoms with Gasteiger partial charge in [-0.15, -0.1) is 0 Å². The van der Waals surface area contributed by atoms with Crippen LogP contribution in [0.2, 0.25) is 18.1 Å². The summed E-state index contributed by atoms with van der Waals surface area (Å²) >= 11 is 0. The van der Waals surface area contributed by atoms with Crippen molar-refractivity contribution in [2.45, 2.75) is 87.4 Å². The van der Waals surface area contributed by atoms with Crippen LogP contribution in [0, 0.1) is 6.92 Å². The number of fused-ring (bicyclic) bond motifs is 3. The molecule has 2 heterocycles. The molecular formula is C22H35NO5SSi. The van der Waals surface area contributed by atoms with Gasteiger partial charge in [0.1, 0.15) is 5.60 Å². The van der Waals surface area contributed by atoms with Gasteiger partial charge in [0, 0.05) is 19.0 Å². The van der Waals surface area contributed by atoms with Gasteiger partial charge in [0.25, 0.3) is 0 Å². The number of nitrogens with zero attached hydrogens (tertiary/aromatic N) is 1. The first-order chi connectivity index (χ1) is 13.8. The van der Waals surface area contributed by atoms with Crippen molar-refractivity contribution in [1.29, 1.82) is 0 Å². The molecule has 3 aliphatic rings. The van der Waals surface area contributed by atoms with E-state index >= 15 is 0 Å². The smallest absolute Gasteiger partial charge is 0.243 e. The molecule has 168 valence electrons. The van der Waals surface area contributed by atoms with E-state index in [0.29, 0.717) is 37.4 Å². The van der Waals surface area contributed by atoms with Crippen molar-refractivity contribution in [3.05, 3.63) is 29.8 Å². The Labute approximate surface area is 182 Å². The monoisotopic (exact) mass is 453 g/mol. The number of hydrogen-bond donors (Lipinski definition) is 0. The van der Waals surface area contributed by atoms with Gasteiger partial charge >= 0.3 is 0 Å². The minimum atomic E-state index is -3.63. The molecule has 1 aromatic rings. The first-order valence-corrected chi connectivity index (χ1v) is 15.2. The second-order valence-corrected chi connectivity index (χ2v) is 17.2. The highest BCUT2D eigenvalue weighted by atomic mass is 32.2. The van der Waals surface area contributed by atoms with Crippen LogP contribution in [0.1, 0.15) is 45.6 Å². The van der Waals surface area contributed by atoms with Gasteiger partial charge < -0.3 is 13.9 Å². The minimum Gasteiger partial charge on any atom is -0.404 e. The summed E-state index contributed by atoms with van der Waals surface area (Å²) in [4.78, 5) is 0.338. The van der Waals surface area contributed by atoms with Crippen molar-refractivity contribution in [2.75, 3.05) is 19.8 Å². The largest absolute Gasteiger partial charge is 0.404 e. The van der Waals surface area contributed by atoms with Crippen LogP contribution in [0.4, 0.5) is 0 Å².